The number of rotatable bonds is 8. The fraction of sp³-hybridized carbons (Fsp3) is 0.211. The van der Waals surface area contributed by atoms with Crippen molar-refractivity contribution in [2.24, 2.45) is 0 Å². The predicted molar refractivity (Wildman–Crippen MR) is 102 cm³/mol. The molecule has 2 rings (SSSR count). The number of aliphatic carboxylic acids is 1. The lowest BCUT2D eigenvalue weighted by Gasteiger charge is -2.15. The summed E-state index contributed by atoms with van der Waals surface area (Å²) in [5.74, 6) is -1.77. The number of hydrogen-bond acceptors (Lipinski definition) is 4. The highest BCUT2D eigenvalue weighted by atomic mass is 79.9. The maximum Gasteiger partial charge on any atom is 0.407 e. The van der Waals surface area contributed by atoms with Gasteiger partial charge in [-0.2, -0.15) is 0 Å². The Morgan fingerprint density at radius 2 is 1.74 bits per heavy atom. The Labute approximate surface area is 164 Å². The van der Waals surface area contributed by atoms with E-state index in [2.05, 4.69) is 26.6 Å². The molecule has 0 aromatic heterocycles. The van der Waals surface area contributed by atoms with Gasteiger partial charge in [-0.1, -0.05) is 58.4 Å². The lowest BCUT2D eigenvalue weighted by molar-refractivity contribution is -0.141. The Hall–Kier alpha value is -2.87. The Morgan fingerprint density at radius 3 is 2.41 bits per heavy atom. The maximum absolute atomic E-state index is 11.9. The van der Waals surface area contributed by atoms with Crippen molar-refractivity contribution in [3.05, 3.63) is 70.2 Å². The van der Waals surface area contributed by atoms with Crippen LogP contribution in [0.15, 0.2) is 59.1 Å². The van der Waals surface area contributed by atoms with Gasteiger partial charge in [-0.05, 0) is 23.3 Å². The number of ether oxygens (including phenoxy) is 1. The van der Waals surface area contributed by atoms with Crippen LogP contribution >= 0.6 is 15.9 Å². The molecule has 0 aliphatic heterocycles. The first kappa shape index (κ1) is 20.4. The quantitative estimate of drug-likeness (QED) is 0.591. The SMILES string of the molecule is O=C(CNC(=O)OCc1ccccc1)N[C@@H](Cc1cccc(Br)c1)C(=O)O. The first-order chi connectivity index (χ1) is 12.9. The molecule has 2 aromatic carbocycles. The van der Waals surface area contributed by atoms with Crippen LogP contribution in [0.4, 0.5) is 4.79 Å². The molecule has 7 nitrogen and oxygen atoms in total. The van der Waals surface area contributed by atoms with E-state index in [4.69, 9.17) is 4.74 Å². The zero-order chi connectivity index (χ0) is 19.6. The summed E-state index contributed by atoms with van der Waals surface area (Å²) in [5.41, 5.74) is 1.57. The number of carboxylic acids is 1. The third kappa shape index (κ3) is 7.49. The summed E-state index contributed by atoms with van der Waals surface area (Å²) in [6, 6.07) is 15.2. The molecule has 27 heavy (non-hydrogen) atoms. The van der Waals surface area contributed by atoms with Crippen LogP contribution in [-0.4, -0.2) is 35.7 Å². The van der Waals surface area contributed by atoms with Crippen molar-refractivity contribution in [1.29, 1.82) is 0 Å². The molecule has 3 N–H and O–H groups in total. The van der Waals surface area contributed by atoms with E-state index in [9.17, 15) is 19.5 Å². The summed E-state index contributed by atoms with van der Waals surface area (Å²) >= 11 is 3.32. The van der Waals surface area contributed by atoms with Gasteiger partial charge in [0.05, 0.1) is 0 Å². The number of alkyl carbamates (subject to hydrolysis) is 1. The van der Waals surface area contributed by atoms with Crippen molar-refractivity contribution in [1.82, 2.24) is 10.6 Å². The number of halogens is 1. The fourth-order valence-electron chi connectivity index (χ4n) is 2.27. The highest BCUT2D eigenvalue weighted by molar-refractivity contribution is 9.10. The summed E-state index contributed by atoms with van der Waals surface area (Å²) in [6.07, 6.45) is -0.633. The Morgan fingerprint density at radius 1 is 1.04 bits per heavy atom. The number of carbonyl (C=O) groups is 3. The van der Waals surface area contributed by atoms with E-state index in [1.54, 1.807) is 30.3 Å². The molecule has 0 fully saturated rings. The average molecular weight is 435 g/mol. The van der Waals surface area contributed by atoms with Gasteiger partial charge in [-0.25, -0.2) is 9.59 Å². The van der Waals surface area contributed by atoms with E-state index in [1.165, 1.54) is 0 Å². The molecule has 1 atom stereocenters. The van der Waals surface area contributed by atoms with Gasteiger partial charge >= 0.3 is 12.1 Å². The molecular weight excluding hydrogens is 416 g/mol. The number of benzene rings is 2. The lowest BCUT2D eigenvalue weighted by Crippen LogP contribution is -2.46. The molecule has 0 unspecified atom stereocenters. The molecule has 0 aliphatic rings. The van der Waals surface area contributed by atoms with Gasteiger partial charge in [0, 0.05) is 10.9 Å². The van der Waals surface area contributed by atoms with Crippen LogP contribution in [0.2, 0.25) is 0 Å². The van der Waals surface area contributed by atoms with Gasteiger partial charge in [0.1, 0.15) is 19.2 Å². The Kier molecular flexibility index (Phi) is 7.81. The zero-order valence-electron chi connectivity index (χ0n) is 14.4. The topological polar surface area (TPSA) is 105 Å². The van der Waals surface area contributed by atoms with Gasteiger partial charge in [0.25, 0.3) is 0 Å². The van der Waals surface area contributed by atoms with E-state index in [0.29, 0.717) is 0 Å². The number of carboxylic acid groups (broad SMARTS) is 1. The van der Waals surface area contributed by atoms with Gasteiger partial charge in [0.15, 0.2) is 0 Å². The third-order valence-electron chi connectivity index (χ3n) is 3.57. The molecular formula is C19H19BrN2O5. The average Bonchev–Trinajstić information content (AvgIpc) is 2.65. The maximum atomic E-state index is 11.9. The minimum atomic E-state index is -1.16. The summed E-state index contributed by atoms with van der Waals surface area (Å²) in [4.78, 5) is 35.0. The molecule has 2 amide bonds. The van der Waals surface area contributed by atoms with E-state index in [1.807, 2.05) is 24.3 Å². The van der Waals surface area contributed by atoms with E-state index in [-0.39, 0.29) is 19.6 Å². The van der Waals surface area contributed by atoms with Crippen molar-refractivity contribution in [2.75, 3.05) is 6.54 Å². The summed E-state index contributed by atoms with van der Waals surface area (Å²) in [6.45, 7) is -0.301. The first-order valence-electron chi connectivity index (χ1n) is 8.15. The zero-order valence-corrected chi connectivity index (χ0v) is 15.9. The monoisotopic (exact) mass is 434 g/mol. The standard InChI is InChI=1S/C19H19BrN2O5/c20-15-8-4-7-14(9-15)10-16(18(24)25)22-17(23)11-21-19(26)27-12-13-5-2-1-3-6-13/h1-9,16H,10-12H2,(H,21,26)(H,22,23)(H,24,25)/t16-/m0/s1. The lowest BCUT2D eigenvalue weighted by atomic mass is 10.1. The summed E-state index contributed by atoms with van der Waals surface area (Å²) < 4.78 is 5.81. The van der Waals surface area contributed by atoms with Gasteiger partial charge < -0.3 is 20.5 Å². The molecule has 142 valence electrons. The Balaban J connectivity index is 1.78. The highest BCUT2D eigenvalue weighted by Gasteiger charge is 2.20. The number of carbonyl (C=O) groups excluding carboxylic acids is 2. The molecule has 0 saturated heterocycles. The summed E-state index contributed by atoms with van der Waals surface area (Å²) in [7, 11) is 0. The van der Waals surface area contributed by atoms with Crippen LogP contribution in [0.1, 0.15) is 11.1 Å². The van der Waals surface area contributed by atoms with Crippen molar-refractivity contribution in [3.8, 4) is 0 Å². The Bertz CT molecular complexity index is 798. The second kappa shape index (κ2) is 10.3. The van der Waals surface area contributed by atoms with E-state index in [0.717, 1.165) is 15.6 Å². The fourth-order valence-corrected chi connectivity index (χ4v) is 2.72. The highest BCUT2D eigenvalue weighted by Crippen LogP contribution is 2.13. The first-order valence-corrected chi connectivity index (χ1v) is 8.94. The number of nitrogens with one attached hydrogen (secondary N) is 2. The molecule has 8 heteroatoms. The largest absolute Gasteiger partial charge is 0.480 e. The van der Waals surface area contributed by atoms with E-state index < -0.39 is 24.0 Å². The van der Waals surface area contributed by atoms with Crippen LogP contribution in [0, 0.1) is 0 Å². The molecule has 0 radical (unpaired) electrons. The molecule has 0 saturated carbocycles. The van der Waals surface area contributed by atoms with Gasteiger partial charge in [-0.15, -0.1) is 0 Å². The predicted octanol–water partition coefficient (Wildman–Crippen LogP) is 2.49. The minimum Gasteiger partial charge on any atom is -0.480 e. The third-order valence-corrected chi connectivity index (χ3v) is 4.06. The molecule has 0 bridgehead atoms. The van der Waals surface area contributed by atoms with Crippen molar-refractivity contribution >= 4 is 33.9 Å². The van der Waals surface area contributed by atoms with Gasteiger partial charge in [-0.3, -0.25) is 4.79 Å². The van der Waals surface area contributed by atoms with Crippen molar-refractivity contribution in [3.63, 3.8) is 0 Å². The van der Waals surface area contributed by atoms with Crippen molar-refractivity contribution < 1.29 is 24.2 Å². The van der Waals surface area contributed by atoms with E-state index >= 15 is 0 Å². The van der Waals surface area contributed by atoms with Gasteiger partial charge in [0.2, 0.25) is 5.91 Å². The number of hydrogen-bond donors (Lipinski definition) is 3. The molecule has 0 aliphatic carbocycles. The second-order valence-corrected chi connectivity index (χ2v) is 6.62. The minimum absolute atomic E-state index is 0.0783. The van der Waals surface area contributed by atoms with Crippen LogP contribution in [0.25, 0.3) is 0 Å². The molecule has 0 spiro atoms. The second-order valence-electron chi connectivity index (χ2n) is 5.71. The van der Waals surface area contributed by atoms with Crippen LogP contribution in [-0.2, 0) is 27.4 Å². The number of amides is 2. The molecule has 2 aromatic rings. The van der Waals surface area contributed by atoms with Crippen molar-refractivity contribution in [2.45, 2.75) is 19.1 Å². The van der Waals surface area contributed by atoms with Crippen LogP contribution < -0.4 is 10.6 Å². The molecule has 0 heterocycles. The summed E-state index contributed by atoms with van der Waals surface area (Å²) in [5, 5.41) is 14.0. The van der Waals surface area contributed by atoms with Crippen LogP contribution in [0.3, 0.4) is 0 Å². The van der Waals surface area contributed by atoms with Crippen LogP contribution in [0.5, 0.6) is 0 Å². The smallest absolute Gasteiger partial charge is 0.407 e. The normalized spacial score (nSPS) is 11.3.